The van der Waals surface area contributed by atoms with Gasteiger partial charge in [0.1, 0.15) is 6.04 Å². The van der Waals surface area contributed by atoms with Gasteiger partial charge >= 0.3 is 0 Å². The average molecular weight is 353 g/mol. The molecule has 0 saturated carbocycles. The quantitative estimate of drug-likeness (QED) is 0.720. The molecule has 136 valence electrons. The van der Waals surface area contributed by atoms with E-state index < -0.39 is 0 Å². The van der Waals surface area contributed by atoms with Gasteiger partial charge in [0.2, 0.25) is 5.91 Å². The SMILES string of the molecule is Cc1cc(CN2CCN(C(=O)C(C)n3cnc4ccccc43)CC2)on1. The van der Waals surface area contributed by atoms with Gasteiger partial charge in [-0.25, -0.2) is 4.98 Å². The van der Waals surface area contributed by atoms with Crippen LogP contribution in [-0.4, -0.2) is 56.6 Å². The molecular formula is C19H23N5O2. The smallest absolute Gasteiger partial charge is 0.245 e. The van der Waals surface area contributed by atoms with Crippen molar-refractivity contribution in [2.45, 2.75) is 26.4 Å². The molecule has 26 heavy (non-hydrogen) atoms. The number of carbonyl (C=O) groups excluding carboxylic acids is 1. The Morgan fingerprint density at radius 2 is 2.00 bits per heavy atom. The zero-order valence-electron chi connectivity index (χ0n) is 15.1. The van der Waals surface area contributed by atoms with E-state index in [1.165, 1.54) is 0 Å². The van der Waals surface area contributed by atoms with Crippen LogP contribution < -0.4 is 0 Å². The summed E-state index contributed by atoms with van der Waals surface area (Å²) in [7, 11) is 0. The first-order valence-electron chi connectivity index (χ1n) is 8.97. The summed E-state index contributed by atoms with van der Waals surface area (Å²) in [6.45, 7) is 7.73. The van der Waals surface area contributed by atoms with Crippen LogP contribution >= 0.6 is 0 Å². The maximum absolute atomic E-state index is 12.9. The lowest BCUT2D eigenvalue weighted by molar-refractivity contribution is -0.136. The largest absolute Gasteiger partial charge is 0.360 e. The van der Waals surface area contributed by atoms with Crippen molar-refractivity contribution in [2.75, 3.05) is 26.2 Å². The monoisotopic (exact) mass is 353 g/mol. The number of amides is 1. The van der Waals surface area contributed by atoms with E-state index in [-0.39, 0.29) is 11.9 Å². The predicted octanol–water partition coefficient (Wildman–Crippen LogP) is 2.24. The fourth-order valence-corrected chi connectivity index (χ4v) is 3.51. The second-order valence-corrected chi connectivity index (χ2v) is 6.85. The average Bonchev–Trinajstić information content (AvgIpc) is 3.27. The minimum Gasteiger partial charge on any atom is -0.360 e. The number of imidazole rings is 1. The van der Waals surface area contributed by atoms with E-state index >= 15 is 0 Å². The summed E-state index contributed by atoms with van der Waals surface area (Å²) >= 11 is 0. The first kappa shape index (κ1) is 16.8. The number of hydrogen-bond donors (Lipinski definition) is 0. The molecule has 3 aromatic rings. The lowest BCUT2D eigenvalue weighted by atomic mass is 10.2. The van der Waals surface area contributed by atoms with Crippen LogP contribution in [0.15, 0.2) is 41.2 Å². The summed E-state index contributed by atoms with van der Waals surface area (Å²) in [5.41, 5.74) is 2.81. The third kappa shape index (κ3) is 3.22. The maximum Gasteiger partial charge on any atom is 0.245 e. The number of para-hydroxylation sites is 2. The third-order valence-electron chi connectivity index (χ3n) is 5.00. The van der Waals surface area contributed by atoms with Crippen molar-refractivity contribution in [1.29, 1.82) is 0 Å². The molecule has 1 amide bonds. The molecule has 0 N–H and O–H groups in total. The first-order valence-corrected chi connectivity index (χ1v) is 8.97. The van der Waals surface area contributed by atoms with Gasteiger partial charge in [-0.15, -0.1) is 0 Å². The van der Waals surface area contributed by atoms with E-state index in [0.29, 0.717) is 0 Å². The Morgan fingerprint density at radius 3 is 2.73 bits per heavy atom. The van der Waals surface area contributed by atoms with Crippen LogP contribution in [0.5, 0.6) is 0 Å². The van der Waals surface area contributed by atoms with Crippen molar-refractivity contribution in [3.8, 4) is 0 Å². The number of hydrogen-bond acceptors (Lipinski definition) is 5. The van der Waals surface area contributed by atoms with Gasteiger partial charge < -0.3 is 14.0 Å². The number of carbonyl (C=O) groups is 1. The molecule has 1 atom stereocenters. The molecule has 2 aromatic heterocycles. The Kier molecular flexibility index (Phi) is 4.46. The molecule has 1 saturated heterocycles. The molecule has 1 fully saturated rings. The molecule has 0 aliphatic carbocycles. The van der Waals surface area contributed by atoms with Crippen LogP contribution in [0.25, 0.3) is 11.0 Å². The highest BCUT2D eigenvalue weighted by Crippen LogP contribution is 2.20. The minimum atomic E-state index is -0.258. The zero-order chi connectivity index (χ0) is 18.1. The van der Waals surface area contributed by atoms with Crippen molar-refractivity contribution < 1.29 is 9.32 Å². The Morgan fingerprint density at radius 1 is 1.23 bits per heavy atom. The van der Waals surface area contributed by atoms with Gasteiger partial charge in [-0.1, -0.05) is 17.3 Å². The fraction of sp³-hybridized carbons (Fsp3) is 0.421. The molecular weight excluding hydrogens is 330 g/mol. The highest BCUT2D eigenvalue weighted by Gasteiger charge is 2.27. The second-order valence-electron chi connectivity index (χ2n) is 6.85. The van der Waals surface area contributed by atoms with Crippen LogP contribution in [0, 0.1) is 6.92 Å². The van der Waals surface area contributed by atoms with Gasteiger partial charge in [0.15, 0.2) is 5.76 Å². The number of piperazine rings is 1. The third-order valence-corrected chi connectivity index (χ3v) is 5.00. The maximum atomic E-state index is 12.9. The second kappa shape index (κ2) is 6.92. The standard InChI is InChI=1S/C19H23N5O2/c1-14-11-16(26-21-14)12-22-7-9-23(10-8-22)19(25)15(2)24-13-20-17-5-3-4-6-18(17)24/h3-6,11,13,15H,7-10,12H2,1-2H3. The molecule has 1 unspecified atom stereocenters. The molecule has 0 radical (unpaired) electrons. The summed E-state index contributed by atoms with van der Waals surface area (Å²) < 4.78 is 7.25. The van der Waals surface area contributed by atoms with Crippen LogP contribution in [0.3, 0.4) is 0 Å². The predicted molar refractivity (Wildman–Crippen MR) is 97.5 cm³/mol. The van der Waals surface area contributed by atoms with E-state index in [9.17, 15) is 4.79 Å². The van der Waals surface area contributed by atoms with Crippen LogP contribution in [-0.2, 0) is 11.3 Å². The van der Waals surface area contributed by atoms with Crippen molar-refractivity contribution in [3.05, 3.63) is 48.1 Å². The number of fused-ring (bicyclic) bond motifs is 1. The Hall–Kier alpha value is -2.67. The summed E-state index contributed by atoms with van der Waals surface area (Å²) in [5, 5.41) is 3.93. The van der Waals surface area contributed by atoms with E-state index in [1.54, 1.807) is 6.33 Å². The Labute approximate surface area is 152 Å². The molecule has 0 spiro atoms. The van der Waals surface area contributed by atoms with Gasteiger partial charge in [-0.2, -0.15) is 0 Å². The van der Waals surface area contributed by atoms with E-state index in [1.807, 2.05) is 53.6 Å². The number of rotatable bonds is 4. The van der Waals surface area contributed by atoms with Crippen LogP contribution in [0.1, 0.15) is 24.4 Å². The molecule has 7 nitrogen and oxygen atoms in total. The molecule has 0 bridgehead atoms. The summed E-state index contributed by atoms with van der Waals surface area (Å²) in [4.78, 5) is 21.6. The summed E-state index contributed by atoms with van der Waals surface area (Å²) in [6, 6.07) is 9.61. The molecule has 3 heterocycles. The van der Waals surface area contributed by atoms with Crippen molar-refractivity contribution in [1.82, 2.24) is 24.5 Å². The van der Waals surface area contributed by atoms with E-state index in [0.717, 1.165) is 55.2 Å². The van der Waals surface area contributed by atoms with E-state index in [2.05, 4.69) is 15.0 Å². The van der Waals surface area contributed by atoms with E-state index in [4.69, 9.17) is 4.52 Å². The molecule has 4 rings (SSSR count). The van der Waals surface area contributed by atoms with Gasteiger partial charge in [0.25, 0.3) is 0 Å². The number of benzene rings is 1. The number of nitrogens with zero attached hydrogens (tertiary/aromatic N) is 5. The molecule has 1 aliphatic rings. The fourth-order valence-electron chi connectivity index (χ4n) is 3.51. The number of aromatic nitrogens is 3. The first-order chi connectivity index (χ1) is 12.6. The van der Waals surface area contributed by atoms with Gasteiger partial charge in [-0.05, 0) is 26.0 Å². The van der Waals surface area contributed by atoms with Crippen molar-refractivity contribution in [3.63, 3.8) is 0 Å². The highest BCUT2D eigenvalue weighted by molar-refractivity contribution is 5.83. The van der Waals surface area contributed by atoms with Crippen molar-refractivity contribution in [2.24, 2.45) is 0 Å². The lowest BCUT2D eigenvalue weighted by Gasteiger charge is -2.35. The summed E-state index contributed by atoms with van der Waals surface area (Å²) in [6.07, 6.45) is 1.76. The molecule has 1 aromatic carbocycles. The van der Waals surface area contributed by atoms with Crippen molar-refractivity contribution >= 4 is 16.9 Å². The summed E-state index contributed by atoms with van der Waals surface area (Å²) in [5.74, 6) is 1.02. The lowest BCUT2D eigenvalue weighted by Crippen LogP contribution is -2.49. The Balaban J connectivity index is 1.38. The minimum absolute atomic E-state index is 0.142. The molecule has 7 heteroatoms. The molecule has 1 aliphatic heterocycles. The topological polar surface area (TPSA) is 67.4 Å². The zero-order valence-corrected chi connectivity index (χ0v) is 15.1. The normalized spacial score (nSPS) is 16.9. The van der Waals surface area contributed by atoms with Crippen LogP contribution in [0.2, 0.25) is 0 Å². The van der Waals surface area contributed by atoms with Gasteiger partial charge in [0.05, 0.1) is 29.6 Å². The van der Waals surface area contributed by atoms with Gasteiger partial charge in [0, 0.05) is 32.2 Å². The highest BCUT2D eigenvalue weighted by atomic mass is 16.5. The van der Waals surface area contributed by atoms with Gasteiger partial charge in [-0.3, -0.25) is 9.69 Å². The number of aryl methyl sites for hydroxylation is 1. The van der Waals surface area contributed by atoms with Crippen LogP contribution in [0.4, 0.5) is 0 Å². The Bertz CT molecular complexity index is 907.